The molecule has 0 aliphatic heterocycles. The highest BCUT2D eigenvalue weighted by Crippen LogP contribution is 2.40. The Hall–Kier alpha value is -2.57. The van der Waals surface area contributed by atoms with Crippen LogP contribution in [0.4, 0.5) is 17.6 Å². The number of rotatable bonds is 5. The first-order valence-corrected chi connectivity index (χ1v) is 9.08. The van der Waals surface area contributed by atoms with Crippen molar-refractivity contribution in [3.05, 3.63) is 59.7 Å². The van der Waals surface area contributed by atoms with Crippen LogP contribution in [0.2, 0.25) is 0 Å². The average Bonchev–Trinajstić information content (AvgIpc) is 2.63. The van der Waals surface area contributed by atoms with E-state index in [1.807, 2.05) is 6.92 Å². The van der Waals surface area contributed by atoms with Gasteiger partial charge in [0.05, 0.1) is 11.5 Å². The smallest absolute Gasteiger partial charge is 0.400 e. The SMILES string of the molecule is CC1CCC(C(F)(F)Oc2ccc(C(=O)Oc3ccc(F)cc3)c(F)c2)CC1. The fourth-order valence-electron chi connectivity index (χ4n) is 3.23. The first-order valence-electron chi connectivity index (χ1n) is 9.08. The van der Waals surface area contributed by atoms with Gasteiger partial charge in [-0.05, 0) is 55.2 Å². The maximum absolute atomic E-state index is 14.4. The number of alkyl halides is 2. The molecular weight excluding hydrogens is 376 g/mol. The maximum Gasteiger partial charge on any atom is 0.400 e. The third-order valence-electron chi connectivity index (χ3n) is 4.93. The number of benzene rings is 2. The molecule has 3 nitrogen and oxygen atoms in total. The summed E-state index contributed by atoms with van der Waals surface area (Å²) in [6, 6.07) is 7.47. The van der Waals surface area contributed by atoms with E-state index in [4.69, 9.17) is 9.47 Å². The van der Waals surface area contributed by atoms with Crippen molar-refractivity contribution in [2.45, 2.75) is 38.7 Å². The normalized spacial score (nSPS) is 19.9. The molecule has 0 bridgehead atoms. The highest BCUT2D eigenvalue weighted by Gasteiger charge is 2.43. The number of halogens is 4. The van der Waals surface area contributed by atoms with Gasteiger partial charge in [-0.3, -0.25) is 0 Å². The maximum atomic E-state index is 14.4. The van der Waals surface area contributed by atoms with Crippen LogP contribution in [0.1, 0.15) is 43.0 Å². The Balaban J connectivity index is 1.67. The number of carbonyl (C=O) groups excluding carboxylic acids is 1. The van der Waals surface area contributed by atoms with Gasteiger partial charge in [-0.15, -0.1) is 0 Å². The predicted octanol–water partition coefficient (Wildman–Crippen LogP) is 5.98. The zero-order valence-corrected chi connectivity index (χ0v) is 15.3. The molecule has 0 amide bonds. The highest BCUT2D eigenvalue weighted by molar-refractivity contribution is 5.91. The summed E-state index contributed by atoms with van der Waals surface area (Å²) in [6.45, 7) is 2.02. The molecule has 2 aromatic rings. The number of esters is 1. The Labute approximate surface area is 160 Å². The van der Waals surface area contributed by atoms with E-state index in [0.717, 1.165) is 30.3 Å². The van der Waals surface area contributed by atoms with Crippen LogP contribution in [0.5, 0.6) is 11.5 Å². The van der Waals surface area contributed by atoms with Gasteiger partial charge in [0.15, 0.2) is 0 Å². The molecule has 150 valence electrons. The molecule has 28 heavy (non-hydrogen) atoms. The first-order chi connectivity index (χ1) is 13.2. The van der Waals surface area contributed by atoms with Crippen molar-refractivity contribution < 1.29 is 31.8 Å². The lowest BCUT2D eigenvalue weighted by molar-refractivity contribution is -0.223. The zero-order chi connectivity index (χ0) is 20.3. The van der Waals surface area contributed by atoms with Crippen molar-refractivity contribution in [1.29, 1.82) is 0 Å². The summed E-state index contributed by atoms with van der Waals surface area (Å²) in [5, 5.41) is 0. The molecule has 0 spiro atoms. The van der Waals surface area contributed by atoms with E-state index in [-0.39, 0.29) is 11.5 Å². The van der Waals surface area contributed by atoms with Gasteiger partial charge in [-0.2, -0.15) is 8.78 Å². The molecule has 0 heterocycles. The summed E-state index contributed by atoms with van der Waals surface area (Å²) >= 11 is 0. The van der Waals surface area contributed by atoms with Crippen molar-refractivity contribution >= 4 is 5.97 Å². The third kappa shape index (κ3) is 4.82. The Morgan fingerprint density at radius 2 is 1.57 bits per heavy atom. The quantitative estimate of drug-likeness (QED) is 0.354. The van der Waals surface area contributed by atoms with Crippen molar-refractivity contribution in [2.75, 3.05) is 0 Å². The molecule has 1 fully saturated rings. The monoisotopic (exact) mass is 396 g/mol. The molecule has 1 aliphatic carbocycles. The second-order valence-electron chi connectivity index (χ2n) is 7.11. The van der Waals surface area contributed by atoms with E-state index in [9.17, 15) is 22.4 Å². The lowest BCUT2D eigenvalue weighted by Crippen LogP contribution is -2.37. The van der Waals surface area contributed by atoms with Crippen LogP contribution in [0, 0.1) is 23.5 Å². The summed E-state index contributed by atoms with van der Waals surface area (Å²) in [7, 11) is 0. The van der Waals surface area contributed by atoms with Gasteiger partial charge in [-0.25, -0.2) is 13.6 Å². The lowest BCUT2D eigenvalue weighted by Gasteiger charge is -2.32. The van der Waals surface area contributed by atoms with Crippen LogP contribution < -0.4 is 9.47 Å². The summed E-state index contributed by atoms with van der Waals surface area (Å²) in [5.41, 5.74) is -0.438. The van der Waals surface area contributed by atoms with E-state index in [1.54, 1.807) is 0 Å². The molecule has 1 aliphatic rings. The van der Waals surface area contributed by atoms with Crippen molar-refractivity contribution in [2.24, 2.45) is 11.8 Å². The fraction of sp³-hybridized carbons (Fsp3) is 0.381. The number of hydrogen-bond donors (Lipinski definition) is 0. The molecule has 0 aromatic heterocycles. The number of hydrogen-bond acceptors (Lipinski definition) is 3. The molecule has 0 N–H and O–H groups in total. The van der Waals surface area contributed by atoms with E-state index in [1.165, 1.54) is 12.1 Å². The molecule has 3 rings (SSSR count). The standard InChI is InChI=1S/C21H20F4O3/c1-13-2-4-14(5-3-13)21(24,25)28-17-10-11-18(19(23)12-17)20(26)27-16-8-6-15(22)7-9-16/h6-14H,2-5H2,1H3. The summed E-state index contributed by atoms with van der Waals surface area (Å²) < 4.78 is 65.6. The van der Waals surface area contributed by atoms with E-state index >= 15 is 0 Å². The summed E-state index contributed by atoms with van der Waals surface area (Å²) in [4.78, 5) is 12.0. The summed E-state index contributed by atoms with van der Waals surface area (Å²) in [5.74, 6) is -3.42. The Kier molecular flexibility index (Phi) is 5.91. The van der Waals surface area contributed by atoms with Crippen LogP contribution in [-0.2, 0) is 0 Å². The van der Waals surface area contributed by atoms with Gasteiger partial charge in [0.2, 0.25) is 0 Å². The Morgan fingerprint density at radius 3 is 2.18 bits per heavy atom. The molecule has 0 radical (unpaired) electrons. The topological polar surface area (TPSA) is 35.5 Å². The minimum atomic E-state index is -3.41. The molecule has 2 aromatic carbocycles. The molecule has 0 saturated heterocycles. The number of ether oxygens (including phenoxy) is 2. The van der Waals surface area contributed by atoms with E-state index < -0.39 is 35.2 Å². The van der Waals surface area contributed by atoms with Crippen molar-refractivity contribution in [3.63, 3.8) is 0 Å². The van der Waals surface area contributed by atoms with Gasteiger partial charge < -0.3 is 9.47 Å². The van der Waals surface area contributed by atoms with Crippen molar-refractivity contribution in [3.8, 4) is 11.5 Å². The highest BCUT2D eigenvalue weighted by atomic mass is 19.3. The van der Waals surface area contributed by atoms with Crippen LogP contribution in [0.15, 0.2) is 42.5 Å². The van der Waals surface area contributed by atoms with Crippen molar-refractivity contribution in [1.82, 2.24) is 0 Å². The second-order valence-corrected chi connectivity index (χ2v) is 7.11. The van der Waals surface area contributed by atoms with Crippen LogP contribution in [0.25, 0.3) is 0 Å². The van der Waals surface area contributed by atoms with Crippen LogP contribution >= 0.6 is 0 Å². The minimum absolute atomic E-state index is 0.0317. The molecule has 0 atom stereocenters. The number of carbonyl (C=O) groups is 1. The lowest BCUT2D eigenvalue weighted by atomic mass is 9.82. The Morgan fingerprint density at radius 1 is 0.964 bits per heavy atom. The van der Waals surface area contributed by atoms with Crippen LogP contribution in [-0.4, -0.2) is 12.1 Å². The fourth-order valence-corrected chi connectivity index (χ4v) is 3.23. The van der Waals surface area contributed by atoms with Gasteiger partial charge in [0.1, 0.15) is 23.1 Å². The zero-order valence-electron chi connectivity index (χ0n) is 15.3. The van der Waals surface area contributed by atoms with Gasteiger partial charge in [0.25, 0.3) is 0 Å². The average molecular weight is 396 g/mol. The second kappa shape index (κ2) is 8.20. The van der Waals surface area contributed by atoms with E-state index in [0.29, 0.717) is 31.6 Å². The molecular formula is C21H20F4O3. The summed E-state index contributed by atoms with van der Waals surface area (Å²) in [6.07, 6.45) is -1.32. The van der Waals surface area contributed by atoms with E-state index in [2.05, 4.69) is 0 Å². The van der Waals surface area contributed by atoms with Gasteiger partial charge in [0, 0.05) is 6.07 Å². The molecule has 1 saturated carbocycles. The predicted molar refractivity (Wildman–Crippen MR) is 94.5 cm³/mol. The van der Waals surface area contributed by atoms with Crippen LogP contribution in [0.3, 0.4) is 0 Å². The van der Waals surface area contributed by atoms with Gasteiger partial charge in [-0.1, -0.05) is 19.8 Å². The largest absolute Gasteiger partial charge is 0.432 e. The van der Waals surface area contributed by atoms with Gasteiger partial charge >= 0.3 is 12.1 Å². The first kappa shape index (κ1) is 20.2. The minimum Gasteiger partial charge on any atom is -0.432 e. The Bertz CT molecular complexity index is 828. The third-order valence-corrected chi connectivity index (χ3v) is 4.93. The molecule has 0 unspecified atom stereocenters. The molecule has 7 heteroatoms.